The fourth-order valence-corrected chi connectivity index (χ4v) is 3.27. The van der Waals surface area contributed by atoms with Gasteiger partial charge in [-0.3, -0.25) is 0 Å². The van der Waals surface area contributed by atoms with E-state index in [1.54, 1.807) is 0 Å². The maximum absolute atomic E-state index is 6.28. The van der Waals surface area contributed by atoms with Gasteiger partial charge in [-0.1, -0.05) is 91.0 Å². The Balaban J connectivity index is 2.07. The molecule has 0 radical (unpaired) electrons. The summed E-state index contributed by atoms with van der Waals surface area (Å²) in [6.45, 7) is 0. The molecule has 120 valence electrons. The molecule has 0 spiro atoms. The third-order valence-electron chi connectivity index (χ3n) is 4.39. The summed E-state index contributed by atoms with van der Waals surface area (Å²) in [5.74, 6) is 0. The lowest BCUT2D eigenvalue weighted by molar-refractivity contribution is 1.55. The zero-order chi connectivity index (χ0) is 17.1. The lowest BCUT2D eigenvalue weighted by Gasteiger charge is -2.17. The number of anilines is 1. The quantitative estimate of drug-likeness (QED) is 0.442. The van der Waals surface area contributed by atoms with E-state index in [0.29, 0.717) is 0 Å². The lowest BCUT2D eigenvalue weighted by atomic mass is 9.87. The van der Waals surface area contributed by atoms with E-state index >= 15 is 0 Å². The van der Waals surface area contributed by atoms with Gasteiger partial charge >= 0.3 is 0 Å². The average molecular weight is 321 g/mol. The molecule has 0 bridgehead atoms. The van der Waals surface area contributed by atoms with Gasteiger partial charge in [0.25, 0.3) is 0 Å². The van der Waals surface area contributed by atoms with E-state index in [1.807, 2.05) is 18.2 Å². The van der Waals surface area contributed by atoms with Crippen LogP contribution in [0.3, 0.4) is 0 Å². The standard InChI is InChI=1S/C24H19N/c25-21-16-22(18-10-4-1-5-11-18)24(20-14-8-3-9-15-20)23(17-21)19-12-6-2-7-13-19/h1-17H,25H2. The Morgan fingerprint density at radius 1 is 0.440 bits per heavy atom. The van der Waals surface area contributed by atoms with E-state index in [0.717, 1.165) is 16.8 Å². The normalized spacial score (nSPS) is 10.6. The van der Waals surface area contributed by atoms with Crippen molar-refractivity contribution >= 4 is 5.69 Å². The van der Waals surface area contributed by atoms with E-state index in [1.165, 1.54) is 22.3 Å². The number of rotatable bonds is 3. The number of nitrogens with two attached hydrogens (primary N) is 1. The topological polar surface area (TPSA) is 26.0 Å². The highest BCUT2D eigenvalue weighted by Gasteiger charge is 2.15. The summed E-state index contributed by atoms with van der Waals surface area (Å²) in [6, 6.07) is 35.5. The summed E-state index contributed by atoms with van der Waals surface area (Å²) in [6.07, 6.45) is 0. The highest BCUT2D eigenvalue weighted by Crippen LogP contribution is 2.41. The second-order valence-corrected chi connectivity index (χ2v) is 6.09. The minimum absolute atomic E-state index is 0.775. The predicted octanol–water partition coefficient (Wildman–Crippen LogP) is 6.27. The van der Waals surface area contributed by atoms with Crippen molar-refractivity contribution in [3.05, 3.63) is 103 Å². The zero-order valence-corrected chi connectivity index (χ0v) is 13.9. The Hall–Kier alpha value is -3.32. The summed E-state index contributed by atoms with van der Waals surface area (Å²) < 4.78 is 0. The van der Waals surface area contributed by atoms with Gasteiger partial charge in [-0.25, -0.2) is 0 Å². The van der Waals surface area contributed by atoms with Gasteiger partial charge in [0.15, 0.2) is 0 Å². The minimum atomic E-state index is 0.775. The molecule has 1 nitrogen and oxygen atoms in total. The minimum Gasteiger partial charge on any atom is -0.399 e. The third kappa shape index (κ3) is 3.05. The van der Waals surface area contributed by atoms with Gasteiger partial charge in [0, 0.05) is 5.69 Å². The van der Waals surface area contributed by atoms with Crippen LogP contribution >= 0.6 is 0 Å². The summed E-state index contributed by atoms with van der Waals surface area (Å²) in [4.78, 5) is 0. The second kappa shape index (κ2) is 6.66. The Kier molecular flexibility index (Phi) is 4.05. The van der Waals surface area contributed by atoms with Crippen molar-refractivity contribution in [3.8, 4) is 33.4 Å². The average Bonchev–Trinajstić information content (AvgIpc) is 2.69. The van der Waals surface area contributed by atoms with Gasteiger partial charge in [0.2, 0.25) is 0 Å². The fraction of sp³-hybridized carbons (Fsp3) is 0. The molecule has 0 aliphatic rings. The van der Waals surface area contributed by atoms with Crippen LogP contribution in [0, 0.1) is 0 Å². The summed E-state index contributed by atoms with van der Waals surface area (Å²) in [7, 11) is 0. The second-order valence-electron chi connectivity index (χ2n) is 6.09. The highest BCUT2D eigenvalue weighted by molar-refractivity contribution is 5.96. The molecular formula is C24H19N. The molecule has 0 aromatic heterocycles. The first-order valence-electron chi connectivity index (χ1n) is 8.43. The van der Waals surface area contributed by atoms with Gasteiger partial charge < -0.3 is 5.73 Å². The summed E-state index contributed by atoms with van der Waals surface area (Å²) in [5, 5.41) is 0. The Morgan fingerprint density at radius 2 is 0.800 bits per heavy atom. The molecule has 4 aromatic carbocycles. The van der Waals surface area contributed by atoms with Crippen molar-refractivity contribution in [1.82, 2.24) is 0 Å². The summed E-state index contributed by atoms with van der Waals surface area (Å²) >= 11 is 0. The molecule has 4 aromatic rings. The van der Waals surface area contributed by atoms with Gasteiger partial charge in [0.1, 0.15) is 0 Å². The number of hydrogen-bond donors (Lipinski definition) is 1. The van der Waals surface area contributed by atoms with Gasteiger partial charge in [0.05, 0.1) is 0 Å². The lowest BCUT2D eigenvalue weighted by Crippen LogP contribution is -1.94. The monoisotopic (exact) mass is 321 g/mol. The van der Waals surface area contributed by atoms with Crippen molar-refractivity contribution in [2.24, 2.45) is 0 Å². The van der Waals surface area contributed by atoms with E-state index in [4.69, 9.17) is 5.73 Å². The molecule has 25 heavy (non-hydrogen) atoms. The van der Waals surface area contributed by atoms with Crippen molar-refractivity contribution in [2.75, 3.05) is 5.73 Å². The first-order valence-corrected chi connectivity index (χ1v) is 8.43. The molecule has 0 amide bonds. The van der Waals surface area contributed by atoms with E-state index in [2.05, 4.69) is 84.9 Å². The molecule has 0 saturated carbocycles. The number of nitrogen functional groups attached to an aromatic ring is 1. The number of benzene rings is 4. The van der Waals surface area contributed by atoms with Crippen molar-refractivity contribution < 1.29 is 0 Å². The van der Waals surface area contributed by atoms with Crippen molar-refractivity contribution in [3.63, 3.8) is 0 Å². The summed E-state index contributed by atoms with van der Waals surface area (Å²) in [5.41, 5.74) is 14.1. The molecule has 0 fully saturated rings. The van der Waals surface area contributed by atoms with Crippen molar-refractivity contribution in [1.29, 1.82) is 0 Å². The molecule has 4 rings (SSSR count). The van der Waals surface area contributed by atoms with Crippen LogP contribution in [-0.2, 0) is 0 Å². The van der Waals surface area contributed by atoms with Gasteiger partial charge in [-0.2, -0.15) is 0 Å². The first kappa shape index (κ1) is 15.2. The largest absolute Gasteiger partial charge is 0.399 e. The van der Waals surface area contributed by atoms with Crippen LogP contribution < -0.4 is 5.73 Å². The first-order chi connectivity index (χ1) is 12.3. The molecule has 1 heteroatoms. The van der Waals surface area contributed by atoms with Crippen molar-refractivity contribution in [2.45, 2.75) is 0 Å². The van der Waals surface area contributed by atoms with Crippen LogP contribution in [0.5, 0.6) is 0 Å². The highest BCUT2D eigenvalue weighted by atomic mass is 14.5. The van der Waals surface area contributed by atoms with Crippen LogP contribution in [-0.4, -0.2) is 0 Å². The third-order valence-corrected chi connectivity index (χ3v) is 4.39. The molecule has 0 atom stereocenters. The molecule has 2 N–H and O–H groups in total. The van der Waals surface area contributed by atoms with Crippen LogP contribution in [0.2, 0.25) is 0 Å². The molecule has 0 heterocycles. The van der Waals surface area contributed by atoms with Gasteiger partial charge in [-0.15, -0.1) is 0 Å². The van der Waals surface area contributed by atoms with E-state index < -0.39 is 0 Å². The molecule has 0 saturated heterocycles. The number of hydrogen-bond acceptors (Lipinski definition) is 1. The maximum atomic E-state index is 6.28. The molecular weight excluding hydrogens is 302 g/mol. The van der Waals surface area contributed by atoms with E-state index in [-0.39, 0.29) is 0 Å². The Labute approximate surface area is 148 Å². The molecule has 0 aliphatic heterocycles. The molecule has 0 aliphatic carbocycles. The van der Waals surface area contributed by atoms with Crippen LogP contribution in [0.4, 0.5) is 5.69 Å². The molecule has 0 unspecified atom stereocenters. The Morgan fingerprint density at radius 3 is 1.20 bits per heavy atom. The Bertz CT molecular complexity index is 914. The smallest absolute Gasteiger partial charge is 0.0326 e. The van der Waals surface area contributed by atoms with E-state index in [9.17, 15) is 0 Å². The van der Waals surface area contributed by atoms with Crippen LogP contribution in [0.15, 0.2) is 103 Å². The maximum Gasteiger partial charge on any atom is 0.0326 e. The fourth-order valence-electron chi connectivity index (χ4n) is 3.27. The predicted molar refractivity (Wildman–Crippen MR) is 107 cm³/mol. The van der Waals surface area contributed by atoms with Crippen LogP contribution in [0.25, 0.3) is 33.4 Å². The van der Waals surface area contributed by atoms with Crippen LogP contribution in [0.1, 0.15) is 0 Å². The van der Waals surface area contributed by atoms with Gasteiger partial charge in [-0.05, 0) is 45.5 Å². The SMILES string of the molecule is Nc1cc(-c2ccccc2)c(-c2ccccc2)c(-c2ccccc2)c1. The zero-order valence-electron chi connectivity index (χ0n) is 13.9.